The average Bonchev–Trinajstić information content (AvgIpc) is 2.86. The van der Waals surface area contributed by atoms with Crippen LogP contribution in [0.4, 0.5) is 20.3 Å². The molecule has 35 heavy (non-hydrogen) atoms. The smallest absolute Gasteiger partial charge is 0.149 e. The van der Waals surface area contributed by atoms with Crippen LogP contribution in [0, 0.1) is 11.6 Å². The Bertz CT molecular complexity index is 964. The van der Waals surface area contributed by atoms with Gasteiger partial charge in [0.25, 0.3) is 0 Å². The molecule has 2 heterocycles. The van der Waals surface area contributed by atoms with E-state index in [1.165, 1.54) is 12.3 Å². The molecular weight excluding hydrogens is 454 g/mol. The molecule has 0 unspecified atom stereocenters. The van der Waals surface area contributed by atoms with Gasteiger partial charge in [-0.25, -0.2) is 13.8 Å². The summed E-state index contributed by atoms with van der Waals surface area (Å²) in [5, 5.41) is 20.6. The number of anilines is 2. The monoisotopic (exact) mass is 490 g/mol. The van der Waals surface area contributed by atoms with Crippen molar-refractivity contribution in [2.24, 2.45) is 0 Å². The number of aromatic nitrogens is 1. The van der Waals surface area contributed by atoms with Crippen LogP contribution in [0.25, 0.3) is 11.1 Å². The lowest BCUT2D eigenvalue weighted by Gasteiger charge is -2.32. The lowest BCUT2D eigenvalue weighted by atomic mass is 9.91. The second kappa shape index (κ2) is 12.1. The molecule has 1 saturated carbocycles. The van der Waals surface area contributed by atoms with E-state index < -0.39 is 17.2 Å². The topological polar surface area (TPSA) is 87.7 Å². The van der Waals surface area contributed by atoms with E-state index in [0.717, 1.165) is 32.2 Å². The molecule has 4 rings (SSSR count). The van der Waals surface area contributed by atoms with Crippen LogP contribution in [0.3, 0.4) is 0 Å². The van der Waals surface area contributed by atoms with Crippen LogP contribution in [-0.2, 0) is 9.47 Å². The number of pyridine rings is 1. The van der Waals surface area contributed by atoms with Crippen molar-refractivity contribution in [3.8, 4) is 11.1 Å². The Balaban J connectivity index is 1.40. The van der Waals surface area contributed by atoms with Gasteiger partial charge in [-0.05, 0) is 49.4 Å². The van der Waals surface area contributed by atoms with Gasteiger partial charge in [0.05, 0.1) is 24.1 Å². The lowest BCUT2D eigenvalue weighted by Crippen LogP contribution is -2.42. The maximum Gasteiger partial charge on any atom is 0.149 e. The fourth-order valence-electron chi connectivity index (χ4n) is 4.77. The molecule has 0 amide bonds. The summed E-state index contributed by atoms with van der Waals surface area (Å²) in [5.41, 5.74) is 0.178. The lowest BCUT2D eigenvalue weighted by molar-refractivity contribution is -0.0543. The number of rotatable bonds is 10. The number of halogens is 2. The Labute approximate surface area is 205 Å². The first kappa shape index (κ1) is 25.8. The Morgan fingerprint density at radius 2 is 1.83 bits per heavy atom. The van der Waals surface area contributed by atoms with E-state index in [9.17, 15) is 13.9 Å². The summed E-state index contributed by atoms with van der Waals surface area (Å²) >= 11 is 0. The van der Waals surface area contributed by atoms with Crippen molar-refractivity contribution < 1.29 is 23.4 Å². The molecular formula is C26H36F2N4O3. The summed E-state index contributed by atoms with van der Waals surface area (Å²) < 4.78 is 39.6. The maximum atomic E-state index is 14.7. The third kappa shape index (κ3) is 7.10. The van der Waals surface area contributed by atoms with Crippen molar-refractivity contribution in [3.05, 3.63) is 42.1 Å². The second-order valence-corrected chi connectivity index (χ2v) is 9.57. The van der Waals surface area contributed by atoms with E-state index in [1.807, 2.05) is 0 Å². The van der Waals surface area contributed by atoms with Crippen LogP contribution >= 0.6 is 0 Å². The number of benzene rings is 1. The molecule has 1 aromatic heterocycles. The van der Waals surface area contributed by atoms with Crippen LogP contribution in [0.5, 0.6) is 0 Å². The Kier molecular flexibility index (Phi) is 8.89. The zero-order chi connectivity index (χ0) is 24.7. The number of aliphatic hydroxyl groups is 1. The third-order valence-electron chi connectivity index (χ3n) is 6.98. The predicted octanol–water partition coefficient (Wildman–Crippen LogP) is 3.94. The molecule has 2 aromatic rings. The molecule has 1 aliphatic carbocycles. The molecule has 1 aliphatic heterocycles. The number of nitrogens with one attached hydrogen (secondary N) is 3. The van der Waals surface area contributed by atoms with E-state index in [4.69, 9.17) is 9.47 Å². The van der Waals surface area contributed by atoms with Gasteiger partial charge in [0.15, 0.2) is 0 Å². The maximum absolute atomic E-state index is 14.7. The average molecular weight is 491 g/mol. The van der Waals surface area contributed by atoms with Gasteiger partial charge in [-0.15, -0.1) is 0 Å². The molecule has 9 heteroatoms. The van der Waals surface area contributed by atoms with E-state index in [1.54, 1.807) is 25.3 Å². The fourth-order valence-corrected chi connectivity index (χ4v) is 4.77. The molecule has 4 N–H and O–H groups in total. The van der Waals surface area contributed by atoms with Gasteiger partial charge >= 0.3 is 0 Å². The third-order valence-corrected chi connectivity index (χ3v) is 6.98. The summed E-state index contributed by atoms with van der Waals surface area (Å²) in [7, 11) is 1.70. The highest BCUT2D eigenvalue weighted by Gasteiger charge is 2.30. The SMILES string of the molecule is COCCNC1CCC(Nc2cc(-c3ccc(F)c(NCC4(O)CCOCC4)c3)c(F)cn2)CC1. The molecule has 1 saturated heterocycles. The van der Waals surface area contributed by atoms with E-state index >= 15 is 0 Å². The molecule has 1 aromatic carbocycles. The van der Waals surface area contributed by atoms with Crippen molar-refractivity contribution in [3.63, 3.8) is 0 Å². The minimum atomic E-state index is -0.946. The molecule has 7 nitrogen and oxygen atoms in total. The zero-order valence-electron chi connectivity index (χ0n) is 20.3. The van der Waals surface area contributed by atoms with Crippen molar-refractivity contribution in [2.75, 3.05) is 50.7 Å². The summed E-state index contributed by atoms with van der Waals surface area (Å²) in [6.07, 6.45) is 6.29. The standard InChI is InChI=1S/C26H36F2N4O3/c1-34-13-10-29-19-3-5-20(6-4-19)32-25-15-21(23(28)16-30-25)18-2-7-22(27)24(14-18)31-17-26(33)8-11-35-12-9-26/h2,7,14-16,19-20,29,31,33H,3-6,8-13,17H2,1H3,(H,30,32). The minimum Gasteiger partial charge on any atom is -0.388 e. The van der Waals surface area contributed by atoms with Gasteiger partial charge in [-0.1, -0.05) is 6.07 Å². The van der Waals surface area contributed by atoms with Crippen LogP contribution < -0.4 is 16.0 Å². The van der Waals surface area contributed by atoms with Crippen molar-refractivity contribution in [1.29, 1.82) is 0 Å². The quantitative estimate of drug-likeness (QED) is 0.375. The van der Waals surface area contributed by atoms with Crippen molar-refractivity contribution in [2.45, 2.75) is 56.2 Å². The first-order valence-corrected chi connectivity index (χ1v) is 12.4. The highest BCUT2D eigenvalue weighted by Crippen LogP contribution is 2.30. The number of hydrogen-bond acceptors (Lipinski definition) is 7. The highest BCUT2D eigenvalue weighted by atomic mass is 19.1. The molecule has 192 valence electrons. The first-order chi connectivity index (χ1) is 17.0. The van der Waals surface area contributed by atoms with Gasteiger partial charge in [0.2, 0.25) is 0 Å². The fraction of sp³-hybridized carbons (Fsp3) is 0.577. The Morgan fingerprint density at radius 1 is 1.09 bits per heavy atom. The van der Waals surface area contributed by atoms with E-state index in [0.29, 0.717) is 55.6 Å². The van der Waals surface area contributed by atoms with Crippen molar-refractivity contribution >= 4 is 11.5 Å². The number of nitrogens with zero attached hydrogens (tertiary/aromatic N) is 1. The number of methoxy groups -OCH3 is 1. The molecule has 2 aliphatic rings. The zero-order valence-corrected chi connectivity index (χ0v) is 20.3. The summed E-state index contributed by atoms with van der Waals surface area (Å²) in [6, 6.07) is 6.90. The van der Waals surface area contributed by atoms with Crippen LogP contribution in [0.2, 0.25) is 0 Å². The van der Waals surface area contributed by atoms with E-state index in [-0.39, 0.29) is 18.3 Å². The Morgan fingerprint density at radius 3 is 2.57 bits per heavy atom. The highest BCUT2D eigenvalue weighted by molar-refractivity contribution is 5.71. The molecule has 0 bridgehead atoms. The van der Waals surface area contributed by atoms with Gasteiger partial charge in [0.1, 0.15) is 17.5 Å². The number of ether oxygens (including phenoxy) is 2. The van der Waals surface area contributed by atoms with Crippen LogP contribution in [-0.4, -0.2) is 67.8 Å². The predicted molar refractivity (Wildman–Crippen MR) is 133 cm³/mol. The molecule has 0 radical (unpaired) electrons. The normalized spacial score (nSPS) is 22.1. The van der Waals surface area contributed by atoms with Gasteiger partial charge < -0.3 is 30.5 Å². The minimum absolute atomic E-state index is 0.200. The van der Waals surface area contributed by atoms with Gasteiger partial charge in [-0.3, -0.25) is 0 Å². The summed E-state index contributed by atoms with van der Waals surface area (Å²) in [5.74, 6) is -0.317. The Hall–Kier alpha value is -2.33. The van der Waals surface area contributed by atoms with E-state index in [2.05, 4.69) is 20.9 Å². The summed E-state index contributed by atoms with van der Waals surface area (Å²) in [4.78, 5) is 4.23. The van der Waals surface area contributed by atoms with Gasteiger partial charge in [-0.2, -0.15) is 0 Å². The van der Waals surface area contributed by atoms with Gasteiger partial charge in [0, 0.05) is 63.9 Å². The van der Waals surface area contributed by atoms with Crippen LogP contribution in [0.1, 0.15) is 38.5 Å². The van der Waals surface area contributed by atoms with Crippen molar-refractivity contribution in [1.82, 2.24) is 10.3 Å². The van der Waals surface area contributed by atoms with Crippen LogP contribution in [0.15, 0.2) is 30.5 Å². The molecule has 0 atom stereocenters. The second-order valence-electron chi connectivity index (χ2n) is 9.57. The largest absolute Gasteiger partial charge is 0.388 e. The number of hydrogen-bond donors (Lipinski definition) is 4. The summed E-state index contributed by atoms with van der Waals surface area (Å²) in [6.45, 7) is 2.71. The molecule has 0 spiro atoms. The first-order valence-electron chi connectivity index (χ1n) is 12.4. The molecule has 2 fully saturated rings.